The number of rotatable bonds is 4. The lowest BCUT2D eigenvalue weighted by Gasteiger charge is -2.39. The van der Waals surface area contributed by atoms with Crippen molar-refractivity contribution in [3.63, 3.8) is 0 Å². The Kier molecular flexibility index (Phi) is 4.23. The molecule has 2 aromatic carbocycles. The summed E-state index contributed by atoms with van der Waals surface area (Å²) in [4.78, 5) is 12.6. The first-order valence-corrected chi connectivity index (χ1v) is 10.5. The fraction of sp³-hybridized carbons (Fsp3) is 0.346. The van der Waals surface area contributed by atoms with E-state index in [1.165, 1.54) is 33.4 Å². The summed E-state index contributed by atoms with van der Waals surface area (Å²) >= 11 is 0. The van der Waals surface area contributed by atoms with Gasteiger partial charge in [-0.2, -0.15) is 0 Å². The highest BCUT2D eigenvalue weighted by molar-refractivity contribution is 5.97. The summed E-state index contributed by atoms with van der Waals surface area (Å²) in [6.45, 7) is 2.78. The molecule has 2 heteroatoms. The molecule has 28 heavy (non-hydrogen) atoms. The molecule has 2 aromatic rings. The number of allylic oxidation sites excluding steroid dienone is 4. The van der Waals surface area contributed by atoms with Gasteiger partial charge < -0.3 is 4.74 Å². The van der Waals surface area contributed by atoms with Gasteiger partial charge in [0.05, 0.1) is 5.41 Å². The van der Waals surface area contributed by atoms with Crippen molar-refractivity contribution in [3.8, 4) is 5.75 Å². The Morgan fingerprint density at radius 2 is 1.86 bits per heavy atom. The van der Waals surface area contributed by atoms with Crippen LogP contribution in [0.25, 0.3) is 5.57 Å². The molecule has 0 aromatic heterocycles. The van der Waals surface area contributed by atoms with Crippen molar-refractivity contribution in [2.24, 2.45) is 5.41 Å². The van der Waals surface area contributed by atoms with Crippen LogP contribution in [0.15, 0.2) is 65.8 Å². The Bertz CT molecular complexity index is 996. The molecule has 0 saturated carbocycles. The third-order valence-corrected chi connectivity index (χ3v) is 6.93. The Hall–Kier alpha value is -2.61. The Morgan fingerprint density at radius 3 is 2.68 bits per heavy atom. The summed E-state index contributed by atoms with van der Waals surface area (Å²) < 4.78 is 6.04. The van der Waals surface area contributed by atoms with Crippen LogP contribution < -0.4 is 4.74 Å². The number of aryl methyl sites for hydroxylation is 1. The van der Waals surface area contributed by atoms with Crippen molar-refractivity contribution in [2.45, 2.75) is 52.1 Å². The maximum Gasteiger partial charge on any atom is 0.147 e. The zero-order chi connectivity index (χ0) is 19.1. The third-order valence-electron chi connectivity index (χ3n) is 6.93. The quantitative estimate of drug-likeness (QED) is 0.654. The topological polar surface area (TPSA) is 26.3 Å². The van der Waals surface area contributed by atoms with Crippen LogP contribution in [0.3, 0.4) is 0 Å². The van der Waals surface area contributed by atoms with E-state index in [4.69, 9.17) is 4.74 Å². The van der Waals surface area contributed by atoms with Crippen LogP contribution in [0.5, 0.6) is 5.75 Å². The summed E-state index contributed by atoms with van der Waals surface area (Å²) in [6.07, 6.45) is 7.85. The van der Waals surface area contributed by atoms with Gasteiger partial charge in [0.25, 0.3) is 0 Å². The fourth-order valence-electron chi connectivity index (χ4n) is 5.38. The van der Waals surface area contributed by atoms with E-state index in [9.17, 15) is 4.79 Å². The first kappa shape index (κ1) is 17.5. The fourth-order valence-corrected chi connectivity index (χ4v) is 5.38. The standard InChI is InChI=1S/C26H26O2/c1-2-26-15-14-22-21-11-9-20(28-17-18-6-4-3-5-7-18)16-19(21)8-10-23(22)24(26)12-13-25(26)27/h3-7,9,11-12,16H,2,8,10,13-15,17H2,1H3. The van der Waals surface area contributed by atoms with Crippen molar-refractivity contribution < 1.29 is 9.53 Å². The van der Waals surface area contributed by atoms with Gasteiger partial charge in [-0.1, -0.05) is 49.4 Å². The molecule has 5 rings (SSSR count). The van der Waals surface area contributed by atoms with Gasteiger partial charge in [0, 0.05) is 6.42 Å². The normalized spacial score (nSPS) is 23.0. The lowest BCUT2D eigenvalue weighted by atomic mass is 9.63. The van der Waals surface area contributed by atoms with Crippen LogP contribution >= 0.6 is 0 Å². The second-order valence-electron chi connectivity index (χ2n) is 8.23. The molecule has 1 unspecified atom stereocenters. The van der Waals surface area contributed by atoms with Crippen molar-refractivity contribution >= 4 is 11.4 Å². The number of ketones is 1. The number of Topliss-reactive ketones (excluding diaryl/α,β-unsaturated/α-hetero) is 1. The number of hydrogen-bond donors (Lipinski definition) is 0. The minimum atomic E-state index is -0.185. The maximum absolute atomic E-state index is 12.6. The highest BCUT2D eigenvalue weighted by atomic mass is 16.5. The Balaban J connectivity index is 1.43. The van der Waals surface area contributed by atoms with E-state index in [1.54, 1.807) is 0 Å². The van der Waals surface area contributed by atoms with E-state index in [1.807, 2.05) is 18.2 Å². The number of ether oxygens (including phenoxy) is 1. The largest absolute Gasteiger partial charge is 0.489 e. The molecule has 3 aliphatic rings. The molecular formula is C26H26O2. The number of fused-ring (bicyclic) bond motifs is 4. The number of benzene rings is 2. The second-order valence-corrected chi connectivity index (χ2v) is 8.23. The van der Waals surface area contributed by atoms with Crippen LogP contribution in [0, 0.1) is 5.41 Å². The van der Waals surface area contributed by atoms with Crippen LogP contribution in [-0.4, -0.2) is 5.78 Å². The van der Waals surface area contributed by atoms with Gasteiger partial charge in [-0.25, -0.2) is 0 Å². The SMILES string of the molecule is CCC12CCC3=C(CCc4cc(OCc5ccccc5)ccc43)C1=CCC2=O. The van der Waals surface area contributed by atoms with Crippen LogP contribution in [0.1, 0.15) is 55.7 Å². The first-order valence-electron chi connectivity index (χ1n) is 10.5. The lowest BCUT2D eigenvalue weighted by molar-refractivity contribution is -0.125. The van der Waals surface area contributed by atoms with E-state index >= 15 is 0 Å². The summed E-state index contributed by atoms with van der Waals surface area (Å²) in [5, 5.41) is 0. The van der Waals surface area contributed by atoms with E-state index < -0.39 is 0 Å². The van der Waals surface area contributed by atoms with Crippen LogP contribution in [0.2, 0.25) is 0 Å². The van der Waals surface area contributed by atoms with Gasteiger partial charge in [0.1, 0.15) is 18.1 Å². The molecule has 0 bridgehead atoms. The zero-order valence-corrected chi connectivity index (χ0v) is 16.5. The molecule has 0 N–H and O–H groups in total. The van der Waals surface area contributed by atoms with Crippen molar-refractivity contribution in [3.05, 3.63) is 82.4 Å². The molecule has 142 valence electrons. The second kappa shape index (κ2) is 6.77. The molecular weight excluding hydrogens is 344 g/mol. The average Bonchev–Trinajstić information content (AvgIpc) is 3.09. The smallest absolute Gasteiger partial charge is 0.147 e. The summed E-state index contributed by atoms with van der Waals surface area (Å²) in [7, 11) is 0. The Labute approximate surface area is 166 Å². The van der Waals surface area contributed by atoms with E-state index in [0.717, 1.165) is 37.9 Å². The van der Waals surface area contributed by atoms with E-state index in [0.29, 0.717) is 18.8 Å². The molecule has 0 radical (unpaired) electrons. The molecule has 0 aliphatic heterocycles. The van der Waals surface area contributed by atoms with E-state index in [-0.39, 0.29) is 5.41 Å². The predicted octanol–water partition coefficient (Wildman–Crippen LogP) is 6.05. The molecule has 0 heterocycles. The molecule has 0 amide bonds. The predicted molar refractivity (Wildman–Crippen MR) is 112 cm³/mol. The minimum Gasteiger partial charge on any atom is -0.489 e. The summed E-state index contributed by atoms with van der Waals surface area (Å²) in [6, 6.07) is 16.9. The van der Waals surface area contributed by atoms with Crippen molar-refractivity contribution in [2.75, 3.05) is 0 Å². The highest BCUT2D eigenvalue weighted by Crippen LogP contribution is 2.55. The van der Waals surface area contributed by atoms with Gasteiger partial charge >= 0.3 is 0 Å². The average molecular weight is 370 g/mol. The molecule has 2 nitrogen and oxygen atoms in total. The maximum atomic E-state index is 12.6. The van der Waals surface area contributed by atoms with E-state index in [2.05, 4.69) is 43.3 Å². The zero-order valence-electron chi connectivity index (χ0n) is 16.5. The van der Waals surface area contributed by atoms with Crippen LogP contribution in [0.4, 0.5) is 0 Å². The lowest BCUT2D eigenvalue weighted by Crippen LogP contribution is -2.33. The van der Waals surface area contributed by atoms with Crippen LogP contribution in [-0.2, 0) is 17.8 Å². The van der Waals surface area contributed by atoms with Gasteiger partial charge in [-0.15, -0.1) is 0 Å². The van der Waals surface area contributed by atoms with Crippen molar-refractivity contribution in [1.82, 2.24) is 0 Å². The molecule has 1 atom stereocenters. The monoisotopic (exact) mass is 370 g/mol. The van der Waals surface area contributed by atoms with Crippen molar-refractivity contribution in [1.29, 1.82) is 0 Å². The minimum absolute atomic E-state index is 0.185. The molecule has 0 fully saturated rings. The third kappa shape index (κ3) is 2.66. The first-order chi connectivity index (χ1) is 13.7. The molecule has 0 spiro atoms. The highest BCUT2D eigenvalue weighted by Gasteiger charge is 2.47. The Morgan fingerprint density at radius 1 is 1.00 bits per heavy atom. The van der Waals surface area contributed by atoms with Gasteiger partial charge in [0.15, 0.2) is 0 Å². The molecule has 0 saturated heterocycles. The van der Waals surface area contributed by atoms with Gasteiger partial charge in [0.2, 0.25) is 0 Å². The number of carbonyl (C=O) groups excluding carboxylic acids is 1. The summed E-state index contributed by atoms with van der Waals surface area (Å²) in [5.74, 6) is 1.38. The summed E-state index contributed by atoms with van der Waals surface area (Å²) in [5.41, 5.74) is 8.05. The molecule has 3 aliphatic carbocycles. The van der Waals surface area contributed by atoms with Gasteiger partial charge in [-0.3, -0.25) is 4.79 Å². The van der Waals surface area contributed by atoms with Gasteiger partial charge in [-0.05, 0) is 77.6 Å². The number of carbonyl (C=O) groups is 1. The number of hydrogen-bond acceptors (Lipinski definition) is 2.